The molecule has 0 radical (unpaired) electrons. The second kappa shape index (κ2) is 10.2. The van der Waals surface area contributed by atoms with Crippen LogP contribution in [0.15, 0.2) is 81.3 Å². The van der Waals surface area contributed by atoms with Crippen LogP contribution in [0.4, 0.5) is 0 Å². The van der Waals surface area contributed by atoms with Crippen LogP contribution < -0.4 is 20.6 Å². The molecule has 0 aliphatic carbocycles. The van der Waals surface area contributed by atoms with E-state index in [1.54, 1.807) is 23.2 Å². The van der Waals surface area contributed by atoms with Crippen molar-refractivity contribution < 1.29 is 19.4 Å². The predicted octanol–water partition coefficient (Wildman–Crippen LogP) is 3.30. The zero-order valence-electron chi connectivity index (χ0n) is 19.1. The van der Waals surface area contributed by atoms with E-state index in [0.29, 0.717) is 38.5 Å². The highest BCUT2D eigenvalue weighted by molar-refractivity contribution is 9.10. The molecule has 1 atom stereocenters. The van der Waals surface area contributed by atoms with Crippen LogP contribution in [0.5, 0.6) is 5.75 Å². The first kappa shape index (κ1) is 24.1. The number of carbonyl (C=O) groups excluding carboxylic acids is 1. The lowest BCUT2D eigenvalue weighted by Crippen LogP contribution is -2.50. The van der Waals surface area contributed by atoms with Crippen LogP contribution in [-0.2, 0) is 15.3 Å². The number of nitrogens with zero attached hydrogens (tertiary/aromatic N) is 3. The third kappa shape index (κ3) is 5.00. The van der Waals surface area contributed by atoms with E-state index >= 15 is 0 Å². The van der Waals surface area contributed by atoms with Gasteiger partial charge in [0.25, 0.3) is 5.91 Å². The first-order valence-electron chi connectivity index (χ1n) is 11.1. The van der Waals surface area contributed by atoms with Gasteiger partial charge in [0.2, 0.25) is 0 Å². The molecule has 0 spiro atoms. The van der Waals surface area contributed by atoms with Crippen LogP contribution in [0.25, 0.3) is 5.70 Å². The Morgan fingerprint density at radius 1 is 1.17 bits per heavy atom. The minimum atomic E-state index is -1.09. The number of halogens is 1. The zero-order valence-corrected chi connectivity index (χ0v) is 21.5. The molecule has 2 aliphatic heterocycles. The number of nitrogens with one attached hydrogen (secondary N) is 1. The highest BCUT2D eigenvalue weighted by Crippen LogP contribution is 2.37. The van der Waals surface area contributed by atoms with Crippen LogP contribution in [0.2, 0.25) is 0 Å². The van der Waals surface area contributed by atoms with Crippen molar-refractivity contribution in [1.82, 2.24) is 10.3 Å². The summed E-state index contributed by atoms with van der Waals surface area (Å²) in [5.74, 6) is -0.396. The van der Waals surface area contributed by atoms with Crippen molar-refractivity contribution in [2.45, 2.75) is 18.8 Å². The Morgan fingerprint density at radius 3 is 2.72 bits per heavy atom. The molecular formula is C26H21BrN4O4S. The van der Waals surface area contributed by atoms with Gasteiger partial charge in [-0.1, -0.05) is 75.7 Å². The molecule has 2 N–H and O–H groups in total. The lowest BCUT2D eigenvalue weighted by molar-refractivity contribution is -0.139. The molecule has 0 saturated carbocycles. The van der Waals surface area contributed by atoms with Gasteiger partial charge < -0.3 is 9.84 Å². The lowest BCUT2D eigenvalue weighted by Gasteiger charge is -2.34. The second-order valence-electron chi connectivity index (χ2n) is 8.21. The number of carbonyl (C=O) groups is 2. The number of aryl methyl sites for hydroxylation is 1. The quantitative estimate of drug-likeness (QED) is 0.476. The number of hydrogen-bond donors (Lipinski definition) is 2. The Kier molecular flexibility index (Phi) is 6.80. The van der Waals surface area contributed by atoms with Crippen LogP contribution >= 0.6 is 27.7 Å². The van der Waals surface area contributed by atoms with Crippen LogP contribution in [-0.4, -0.2) is 33.8 Å². The van der Waals surface area contributed by atoms with E-state index in [-0.39, 0.29) is 5.91 Å². The number of carboxylic acid groups (broad SMARTS) is 1. The van der Waals surface area contributed by atoms with E-state index in [2.05, 4.69) is 21.2 Å². The Bertz CT molecular complexity index is 1510. The molecule has 0 bridgehead atoms. The molecule has 0 aromatic heterocycles. The zero-order chi connectivity index (χ0) is 25.2. The largest absolute Gasteiger partial charge is 0.481 e. The maximum absolute atomic E-state index is 13.4. The van der Waals surface area contributed by atoms with Gasteiger partial charge in [-0.2, -0.15) is 0 Å². The summed E-state index contributed by atoms with van der Waals surface area (Å²) in [7, 11) is 0. The summed E-state index contributed by atoms with van der Waals surface area (Å²) in [6.07, 6.45) is -0.739. The van der Waals surface area contributed by atoms with Crippen molar-refractivity contribution >= 4 is 50.4 Å². The van der Waals surface area contributed by atoms with Gasteiger partial charge >= 0.3 is 5.97 Å². The topological polar surface area (TPSA) is 104 Å². The molecule has 182 valence electrons. The van der Waals surface area contributed by atoms with E-state index in [1.807, 2.05) is 55.5 Å². The van der Waals surface area contributed by atoms with Gasteiger partial charge in [-0.05, 0) is 36.8 Å². The van der Waals surface area contributed by atoms with Crippen molar-refractivity contribution in [2.24, 2.45) is 10.1 Å². The number of thioether (sulfide) groups is 1. The third-order valence-electron chi connectivity index (χ3n) is 5.61. The summed E-state index contributed by atoms with van der Waals surface area (Å²) in [6.45, 7) is 1.53. The Labute approximate surface area is 219 Å². The van der Waals surface area contributed by atoms with E-state index in [0.717, 1.165) is 10.0 Å². The Morgan fingerprint density at radius 2 is 1.94 bits per heavy atom. The number of benzene rings is 3. The molecule has 1 amide bonds. The lowest BCUT2D eigenvalue weighted by atomic mass is 10.1. The first-order valence-corrected chi connectivity index (χ1v) is 12.9. The van der Waals surface area contributed by atoms with E-state index in [4.69, 9.17) is 19.9 Å². The van der Waals surface area contributed by atoms with E-state index < -0.39 is 18.7 Å². The fourth-order valence-electron chi connectivity index (χ4n) is 3.92. The van der Waals surface area contributed by atoms with Crippen LogP contribution in [0, 0.1) is 6.92 Å². The summed E-state index contributed by atoms with van der Waals surface area (Å²) in [4.78, 5) is 29.4. The normalized spacial score (nSPS) is 16.3. The molecule has 2 heterocycles. The Balaban J connectivity index is 1.57. The predicted molar refractivity (Wildman–Crippen MR) is 141 cm³/mol. The molecular weight excluding hydrogens is 544 g/mol. The number of ether oxygens (including phenoxy) is 1. The first-order chi connectivity index (χ1) is 17.4. The minimum Gasteiger partial charge on any atom is -0.481 e. The average molecular weight is 565 g/mol. The van der Waals surface area contributed by atoms with Gasteiger partial charge in [-0.25, -0.2) is 9.80 Å². The summed E-state index contributed by atoms with van der Waals surface area (Å²) in [5, 5.41) is 20.2. The maximum Gasteiger partial charge on any atom is 0.341 e. The molecule has 5 rings (SSSR count). The molecule has 3 aromatic carbocycles. The van der Waals surface area contributed by atoms with Crippen molar-refractivity contribution in [3.63, 3.8) is 0 Å². The molecule has 36 heavy (non-hydrogen) atoms. The number of fused-ring (bicyclic) bond motifs is 2. The number of amides is 1. The van der Waals surface area contributed by atoms with Gasteiger partial charge in [0, 0.05) is 21.0 Å². The molecule has 0 saturated heterocycles. The van der Waals surface area contributed by atoms with Gasteiger partial charge in [-0.15, -0.1) is 5.10 Å². The van der Waals surface area contributed by atoms with Crippen molar-refractivity contribution in [2.75, 3.05) is 6.61 Å². The average Bonchev–Trinajstić information content (AvgIpc) is 2.87. The van der Waals surface area contributed by atoms with Crippen molar-refractivity contribution in [3.8, 4) is 5.75 Å². The van der Waals surface area contributed by atoms with Crippen molar-refractivity contribution in [1.29, 1.82) is 0 Å². The van der Waals surface area contributed by atoms with Crippen LogP contribution in [0.1, 0.15) is 22.9 Å². The fourth-order valence-corrected chi connectivity index (χ4v) is 5.11. The molecule has 1 unspecified atom stereocenters. The molecule has 10 heteroatoms. The van der Waals surface area contributed by atoms with Gasteiger partial charge in [-0.3, -0.25) is 15.1 Å². The molecule has 2 aliphatic rings. The van der Waals surface area contributed by atoms with Crippen molar-refractivity contribution in [3.05, 3.63) is 98.5 Å². The highest BCUT2D eigenvalue weighted by Gasteiger charge is 2.36. The molecule has 8 nitrogen and oxygen atoms in total. The number of para-hydroxylation sites is 1. The molecule has 0 fully saturated rings. The minimum absolute atomic E-state index is 0.285. The smallest absolute Gasteiger partial charge is 0.341 e. The number of carboxylic acids is 1. The summed E-state index contributed by atoms with van der Waals surface area (Å²) in [6, 6.07) is 20.8. The second-order valence-corrected chi connectivity index (χ2v) is 10.1. The van der Waals surface area contributed by atoms with Gasteiger partial charge in [0.15, 0.2) is 17.9 Å². The monoisotopic (exact) mass is 564 g/mol. The fraction of sp³-hybridized carbons (Fsp3) is 0.154. The SMILES string of the molecule is Cc1ccc(CSC2=NN3C(=c4ccccc4=NC3c3cc(Br)ccc3OCC(=O)O)C(=O)N2)cc1. The number of aliphatic carboxylic acids is 1. The van der Waals surface area contributed by atoms with E-state index in [1.165, 1.54) is 17.3 Å². The number of rotatable bonds is 6. The van der Waals surface area contributed by atoms with Gasteiger partial charge in [0.1, 0.15) is 11.4 Å². The highest BCUT2D eigenvalue weighted by atomic mass is 79.9. The summed E-state index contributed by atoms with van der Waals surface area (Å²) in [5.41, 5.74) is 3.24. The Hall–Kier alpha value is -3.63. The number of hydrogen-bond acceptors (Lipinski definition) is 7. The summed E-state index contributed by atoms with van der Waals surface area (Å²) >= 11 is 4.90. The summed E-state index contributed by atoms with van der Waals surface area (Å²) < 4.78 is 6.33. The van der Waals surface area contributed by atoms with E-state index in [9.17, 15) is 9.59 Å². The molecule has 3 aromatic rings. The maximum atomic E-state index is 13.4. The van der Waals surface area contributed by atoms with Gasteiger partial charge in [0.05, 0.1) is 5.36 Å². The third-order valence-corrected chi connectivity index (χ3v) is 7.04. The van der Waals surface area contributed by atoms with Crippen LogP contribution in [0.3, 0.4) is 0 Å². The number of amidine groups is 1. The standard InChI is InChI=1S/C26H21BrN4O4S/c1-15-6-8-16(9-7-15)14-36-26-29-25(34)23-18-4-2-3-5-20(18)28-24(31(23)30-26)19-12-17(27)10-11-21(19)35-13-22(32)33/h2-12,24H,13-14H2,1H3,(H,32,33)(H,29,30,34). The number of hydrazone groups is 1.